The summed E-state index contributed by atoms with van der Waals surface area (Å²) in [5.74, 6) is 0.869. The number of benzene rings is 1. The molecule has 0 heterocycles. The van der Waals surface area contributed by atoms with Crippen LogP contribution in [0, 0.1) is 11.3 Å². The van der Waals surface area contributed by atoms with Crippen molar-refractivity contribution in [2.45, 2.75) is 52.8 Å². The molecule has 1 aliphatic rings. The van der Waals surface area contributed by atoms with Gasteiger partial charge in [0.2, 0.25) is 0 Å². The molecule has 0 aliphatic heterocycles. The maximum atomic E-state index is 12.4. The van der Waals surface area contributed by atoms with Gasteiger partial charge in [0.25, 0.3) is 0 Å². The first-order valence-electron chi connectivity index (χ1n) is 7.13. The summed E-state index contributed by atoms with van der Waals surface area (Å²) in [6.07, 6.45) is 2.31. The second-order valence-electron chi connectivity index (χ2n) is 6.52. The summed E-state index contributed by atoms with van der Waals surface area (Å²) < 4.78 is 29.3. The van der Waals surface area contributed by atoms with Crippen molar-refractivity contribution in [1.29, 1.82) is 0 Å². The number of hydrogen-bond acceptors (Lipinski definition) is 2. The highest BCUT2D eigenvalue weighted by molar-refractivity contribution is 5.33. The molecular weight excluding hydrogens is 260 g/mol. The second kappa shape index (κ2) is 6.08. The van der Waals surface area contributed by atoms with Crippen LogP contribution < -0.4 is 10.1 Å². The minimum Gasteiger partial charge on any atom is -0.434 e. The highest BCUT2D eigenvalue weighted by Gasteiger charge is 2.36. The first-order valence-corrected chi connectivity index (χ1v) is 7.13. The van der Waals surface area contributed by atoms with Crippen LogP contribution in [0.2, 0.25) is 0 Å². The van der Waals surface area contributed by atoms with E-state index in [1.807, 2.05) is 12.1 Å². The van der Waals surface area contributed by atoms with Gasteiger partial charge in [0, 0.05) is 18.2 Å². The predicted octanol–water partition coefficient (Wildman–Crippen LogP) is 4.20. The number of alkyl halides is 2. The van der Waals surface area contributed by atoms with Gasteiger partial charge in [-0.3, -0.25) is 0 Å². The first-order chi connectivity index (χ1) is 9.37. The fourth-order valence-corrected chi connectivity index (χ4v) is 3.27. The lowest BCUT2D eigenvalue weighted by Gasteiger charge is -2.19. The first kappa shape index (κ1) is 15.2. The zero-order chi connectivity index (χ0) is 14.8. The molecule has 2 atom stereocenters. The van der Waals surface area contributed by atoms with Gasteiger partial charge in [-0.05, 0) is 30.2 Å². The van der Waals surface area contributed by atoms with Gasteiger partial charge in [0.15, 0.2) is 0 Å². The van der Waals surface area contributed by atoms with Crippen LogP contribution in [0.1, 0.15) is 39.2 Å². The molecule has 1 aromatic rings. The Morgan fingerprint density at radius 2 is 2.00 bits per heavy atom. The fourth-order valence-electron chi connectivity index (χ4n) is 3.27. The van der Waals surface area contributed by atoms with Crippen LogP contribution in [-0.2, 0) is 6.54 Å². The van der Waals surface area contributed by atoms with Crippen molar-refractivity contribution < 1.29 is 13.5 Å². The maximum Gasteiger partial charge on any atom is 0.387 e. The van der Waals surface area contributed by atoms with Crippen molar-refractivity contribution in [1.82, 2.24) is 5.32 Å². The molecule has 1 aliphatic carbocycles. The number of ether oxygens (including phenoxy) is 1. The van der Waals surface area contributed by atoms with Gasteiger partial charge < -0.3 is 10.1 Å². The molecule has 0 aromatic heterocycles. The molecule has 0 spiro atoms. The minimum atomic E-state index is -2.78. The topological polar surface area (TPSA) is 21.3 Å². The predicted molar refractivity (Wildman–Crippen MR) is 75.9 cm³/mol. The lowest BCUT2D eigenvalue weighted by molar-refractivity contribution is -0.0505. The van der Waals surface area contributed by atoms with E-state index in [1.165, 1.54) is 6.42 Å². The number of nitrogens with one attached hydrogen (secondary N) is 1. The molecule has 0 bridgehead atoms. The summed E-state index contributed by atoms with van der Waals surface area (Å²) in [7, 11) is 0. The second-order valence-corrected chi connectivity index (χ2v) is 6.52. The van der Waals surface area contributed by atoms with E-state index in [1.54, 1.807) is 12.1 Å². The van der Waals surface area contributed by atoms with Gasteiger partial charge in [-0.25, -0.2) is 0 Å². The summed E-state index contributed by atoms with van der Waals surface area (Å²) >= 11 is 0. The van der Waals surface area contributed by atoms with Gasteiger partial charge in [0.05, 0.1) is 0 Å². The van der Waals surface area contributed by atoms with Gasteiger partial charge in [0.1, 0.15) is 5.75 Å². The third kappa shape index (κ3) is 3.92. The van der Waals surface area contributed by atoms with Crippen LogP contribution in [0.25, 0.3) is 0 Å². The number of halogens is 2. The van der Waals surface area contributed by atoms with Crippen LogP contribution in [0.15, 0.2) is 24.3 Å². The number of para-hydroxylation sites is 1. The third-order valence-electron chi connectivity index (χ3n) is 4.08. The molecule has 2 rings (SSSR count). The average molecular weight is 283 g/mol. The van der Waals surface area contributed by atoms with Crippen LogP contribution in [-0.4, -0.2) is 12.7 Å². The zero-order valence-corrected chi connectivity index (χ0v) is 12.3. The molecule has 0 radical (unpaired) electrons. The van der Waals surface area contributed by atoms with E-state index in [9.17, 15) is 8.78 Å². The van der Waals surface area contributed by atoms with Crippen molar-refractivity contribution in [2.75, 3.05) is 0 Å². The van der Waals surface area contributed by atoms with Crippen LogP contribution in [0.4, 0.5) is 8.78 Å². The number of hydrogen-bond donors (Lipinski definition) is 1. The van der Waals surface area contributed by atoms with Crippen molar-refractivity contribution in [2.24, 2.45) is 11.3 Å². The fraction of sp³-hybridized carbons (Fsp3) is 0.625. The summed E-state index contributed by atoms with van der Waals surface area (Å²) in [5.41, 5.74) is 1.14. The van der Waals surface area contributed by atoms with Gasteiger partial charge in [-0.1, -0.05) is 39.0 Å². The SMILES string of the molecule is CC1CC(C)(C)CC1NCc1ccccc1OC(F)F. The van der Waals surface area contributed by atoms with E-state index >= 15 is 0 Å². The minimum absolute atomic E-state index is 0.264. The molecule has 20 heavy (non-hydrogen) atoms. The van der Waals surface area contributed by atoms with Gasteiger partial charge in [-0.2, -0.15) is 8.78 Å². The molecule has 0 amide bonds. The Morgan fingerprint density at radius 1 is 1.30 bits per heavy atom. The van der Waals surface area contributed by atoms with Crippen LogP contribution in [0.3, 0.4) is 0 Å². The van der Waals surface area contributed by atoms with E-state index < -0.39 is 6.61 Å². The summed E-state index contributed by atoms with van der Waals surface area (Å²) in [5, 5.41) is 3.49. The van der Waals surface area contributed by atoms with Crippen LogP contribution in [0.5, 0.6) is 5.75 Å². The Morgan fingerprint density at radius 3 is 2.60 bits per heavy atom. The molecule has 1 fully saturated rings. The maximum absolute atomic E-state index is 12.4. The highest BCUT2D eigenvalue weighted by atomic mass is 19.3. The Kier molecular flexibility index (Phi) is 4.63. The quantitative estimate of drug-likeness (QED) is 0.874. The monoisotopic (exact) mass is 283 g/mol. The summed E-state index contributed by atoms with van der Waals surface area (Å²) in [6, 6.07) is 7.41. The molecule has 0 saturated heterocycles. The Hall–Kier alpha value is -1.16. The van der Waals surface area contributed by atoms with Crippen molar-refractivity contribution in [3.63, 3.8) is 0 Å². The van der Waals surface area contributed by atoms with Crippen molar-refractivity contribution in [3.8, 4) is 5.75 Å². The van der Waals surface area contributed by atoms with E-state index in [2.05, 4.69) is 30.8 Å². The molecule has 2 nitrogen and oxygen atoms in total. The molecule has 1 saturated carbocycles. The smallest absolute Gasteiger partial charge is 0.387 e. The standard InChI is InChI=1S/C16H23F2NO/c1-11-8-16(2,3)9-13(11)19-10-12-6-4-5-7-14(12)20-15(17)18/h4-7,11,13,15,19H,8-10H2,1-3H3. The lowest BCUT2D eigenvalue weighted by Crippen LogP contribution is -2.31. The molecule has 4 heteroatoms. The van der Waals surface area contributed by atoms with Crippen LogP contribution >= 0.6 is 0 Å². The zero-order valence-electron chi connectivity index (χ0n) is 12.3. The normalized spacial score (nSPS) is 25.1. The average Bonchev–Trinajstić information content (AvgIpc) is 2.60. The van der Waals surface area contributed by atoms with E-state index in [0.29, 0.717) is 23.9 Å². The molecule has 112 valence electrons. The molecule has 2 unspecified atom stereocenters. The Labute approximate surface area is 119 Å². The van der Waals surface area contributed by atoms with E-state index in [4.69, 9.17) is 0 Å². The van der Waals surface area contributed by atoms with Crippen molar-refractivity contribution in [3.05, 3.63) is 29.8 Å². The summed E-state index contributed by atoms with van der Waals surface area (Å²) in [6.45, 7) is 4.58. The van der Waals surface area contributed by atoms with Gasteiger partial charge >= 0.3 is 6.61 Å². The van der Waals surface area contributed by atoms with E-state index in [-0.39, 0.29) is 5.75 Å². The largest absolute Gasteiger partial charge is 0.434 e. The van der Waals surface area contributed by atoms with E-state index in [0.717, 1.165) is 12.0 Å². The Balaban J connectivity index is 1.97. The summed E-state index contributed by atoms with van der Waals surface area (Å²) in [4.78, 5) is 0. The third-order valence-corrected chi connectivity index (χ3v) is 4.08. The molecular formula is C16H23F2NO. The lowest BCUT2D eigenvalue weighted by atomic mass is 9.91. The molecule has 1 N–H and O–H groups in total. The molecule has 1 aromatic carbocycles. The van der Waals surface area contributed by atoms with Crippen molar-refractivity contribution >= 4 is 0 Å². The Bertz CT molecular complexity index is 448. The number of rotatable bonds is 5. The van der Waals surface area contributed by atoms with Gasteiger partial charge in [-0.15, -0.1) is 0 Å². The highest BCUT2D eigenvalue weighted by Crippen LogP contribution is 2.41.